The van der Waals surface area contributed by atoms with Crippen molar-refractivity contribution in [2.75, 3.05) is 18.9 Å². The van der Waals surface area contributed by atoms with E-state index in [0.717, 1.165) is 24.1 Å². The van der Waals surface area contributed by atoms with Crippen molar-refractivity contribution in [1.82, 2.24) is 5.32 Å². The number of hydrogen-bond donors (Lipinski definition) is 3. The van der Waals surface area contributed by atoms with Gasteiger partial charge in [0, 0.05) is 24.1 Å². The number of aryl methyl sites for hydroxylation is 1. The van der Waals surface area contributed by atoms with E-state index in [-0.39, 0.29) is 17.9 Å². The van der Waals surface area contributed by atoms with Gasteiger partial charge in [-0.1, -0.05) is 26.0 Å². The Balaban J connectivity index is 2.40. The molecule has 4 N–H and O–H groups in total. The molecular weight excluding hydrogens is 252 g/mol. The Morgan fingerprint density at radius 2 is 2.05 bits per heavy atom. The van der Waals surface area contributed by atoms with Crippen LogP contribution in [0.2, 0.25) is 0 Å². The zero-order valence-corrected chi connectivity index (χ0v) is 12.5. The van der Waals surface area contributed by atoms with Crippen LogP contribution in [0.1, 0.15) is 38.7 Å². The Labute approximate surface area is 121 Å². The first-order valence-corrected chi connectivity index (χ1v) is 7.27. The van der Waals surface area contributed by atoms with E-state index in [2.05, 4.69) is 5.32 Å². The van der Waals surface area contributed by atoms with Crippen molar-refractivity contribution < 1.29 is 9.90 Å². The fourth-order valence-corrected chi connectivity index (χ4v) is 2.16. The van der Waals surface area contributed by atoms with Gasteiger partial charge in [0.15, 0.2) is 0 Å². The van der Waals surface area contributed by atoms with Crippen LogP contribution in [0.3, 0.4) is 0 Å². The summed E-state index contributed by atoms with van der Waals surface area (Å²) < 4.78 is 0. The van der Waals surface area contributed by atoms with E-state index >= 15 is 0 Å². The number of nitrogens with one attached hydrogen (secondary N) is 1. The van der Waals surface area contributed by atoms with Crippen molar-refractivity contribution in [3.8, 4) is 0 Å². The molecule has 1 amide bonds. The minimum atomic E-state index is -0.188. The highest BCUT2D eigenvalue weighted by Crippen LogP contribution is 2.24. The smallest absolute Gasteiger partial charge is 0.220 e. The summed E-state index contributed by atoms with van der Waals surface area (Å²) in [5.74, 6) is 0.0205. The largest absolute Gasteiger partial charge is 0.399 e. The first-order valence-electron chi connectivity index (χ1n) is 7.27. The van der Waals surface area contributed by atoms with Crippen LogP contribution in [-0.2, 0) is 11.2 Å². The number of nitrogens with two attached hydrogens (primary N) is 1. The number of rotatable bonds is 8. The van der Waals surface area contributed by atoms with Crippen molar-refractivity contribution in [1.29, 1.82) is 0 Å². The minimum absolute atomic E-state index is 0.0205. The maximum absolute atomic E-state index is 11.9. The molecule has 0 aliphatic carbocycles. The second-order valence-electron chi connectivity index (χ2n) is 5.39. The molecular formula is C16H26N2O2. The van der Waals surface area contributed by atoms with Crippen molar-refractivity contribution in [2.24, 2.45) is 5.41 Å². The lowest BCUT2D eigenvalue weighted by molar-refractivity contribution is -0.121. The number of hydrogen-bond acceptors (Lipinski definition) is 3. The second kappa shape index (κ2) is 7.90. The Morgan fingerprint density at radius 1 is 1.35 bits per heavy atom. The first kappa shape index (κ1) is 16.5. The first-order chi connectivity index (χ1) is 9.55. The molecule has 0 heterocycles. The summed E-state index contributed by atoms with van der Waals surface area (Å²) in [6.07, 6.45) is 2.84. The van der Waals surface area contributed by atoms with Gasteiger partial charge in [0.1, 0.15) is 0 Å². The maximum atomic E-state index is 11.9. The highest BCUT2D eigenvalue weighted by atomic mass is 16.3. The number of aliphatic hydroxyl groups excluding tert-OH is 1. The molecule has 0 saturated carbocycles. The summed E-state index contributed by atoms with van der Waals surface area (Å²) in [6.45, 7) is 4.72. The zero-order valence-electron chi connectivity index (χ0n) is 12.5. The molecule has 0 aliphatic heterocycles. The van der Waals surface area contributed by atoms with Crippen LogP contribution < -0.4 is 11.1 Å². The molecule has 4 nitrogen and oxygen atoms in total. The van der Waals surface area contributed by atoms with Gasteiger partial charge >= 0.3 is 0 Å². The standard InChI is InChI=1S/C16H26N2O2/c1-3-16(4-2,12-19)11-18-15(20)9-8-13-6-5-7-14(17)10-13/h5-7,10,19H,3-4,8-9,11-12,17H2,1-2H3,(H,18,20). The maximum Gasteiger partial charge on any atom is 0.220 e. The third-order valence-corrected chi connectivity index (χ3v) is 4.09. The summed E-state index contributed by atoms with van der Waals surface area (Å²) in [6, 6.07) is 7.60. The van der Waals surface area contributed by atoms with Crippen molar-refractivity contribution in [2.45, 2.75) is 39.5 Å². The summed E-state index contributed by atoms with van der Waals surface area (Å²) in [4.78, 5) is 11.9. The van der Waals surface area contributed by atoms with Crippen LogP contribution in [0.4, 0.5) is 5.69 Å². The van der Waals surface area contributed by atoms with Gasteiger partial charge in [-0.05, 0) is 37.0 Å². The molecule has 4 heteroatoms. The van der Waals surface area contributed by atoms with Gasteiger partial charge in [-0.3, -0.25) is 4.79 Å². The third kappa shape index (κ3) is 4.85. The average molecular weight is 278 g/mol. The highest BCUT2D eigenvalue weighted by molar-refractivity contribution is 5.76. The van der Waals surface area contributed by atoms with E-state index in [1.807, 2.05) is 38.1 Å². The molecule has 20 heavy (non-hydrogen) atoms. The topological polar surface area (TPSA) is 75.3 Å². The van der Waals surface area contributed by atoms with Crippen LogP contribution in [0, 0.1) is 5.41 Å². The van der Waals surface area contributed by atoms with Gasteiger partial charge in [-0.15, -0.1) is 0 Å². The van der Waals surface area contributed by atoms with Gasteiger partial charge in [-0.25, -0.2) is 0 Å². The molecule has 1 aromatic rings. The number of amides is 1. The van der Waals surface area contributed by atoms with Gasteiger partial charge in [0.05, 0.1) is 6.61 Å². The van der Waals surface area contributed by atoms with Crippen LogP contribution in [0.15, 0.2) is 24.3 Å². The second-order valence-corrected chi connectivity index (χ2v) is 5.39. The van der Waals surface area contributed by atoms with Gasteiger partial charge < -0.3 is 16.2 Å². The third-order valence-electron chi connectivity index (χ3n) is 4.09. The molecule has 0 atom stereocenters. The lowest BCUT2D eigenvalue weighted by Crippen LogP contribution is -2.39. The van der Waals surface area contributed by atoms with Gasteiger partial charge in [0.2, 0.25) is 5.91 Å². The molecule has 112 valence electrons. The summed E-state index contributed by atoms with van der Waals surface area (Å²) in [7, 11) is 0. The highest BCUT2D eigenvalue weighted by Gasteiger charge is 2.25. The Bertz CT molecular complexity index is 420. The normalized spacial score (nSPS) is 11.3. The van der Waals surface area contributed by atoms with Crippen molar-refractivity contribution in [3.05, 3.63) is 29.8 Å². The summed E-state index contributed by atoms with van der Waals surface area (Å²) in [5.41, 5.74) is 7.31. The predicted molar refractivity (Wildman–Crippen MR) is 82.3 cm³/mol. The van der Waals surface area contributed by atoms with Gasteiger partial charge in [0.25, 0.3) is 0 Å². The molecule has 1 aromatic carbocycles. The quantitative estimate of drug-likeness (QED) is 0.638. The molecule has 1 rings (SSSR count). The van der Waals surface area contributed by atoms with Crippen LogP contribution in [-0.4, -0.2) is 24.2 Å². The number of carbonyl (C=O) groups excluding carboxylic acids is 1. The number of aliphatic hydroxyl groups is 1. The number of carbonyl (C=O) groups is 1. The van der Waals surface area contributed by atoms with Crippen LogP contribution >= 0.6 is 0 Å². The van der Waals surface area contributed by atoms with E-state index in [9.17, 15) is 9.90 Å². The van der Waals surface area contributed by atoms with E-state index in [1.54, 1.807) is 0 Å². The molecule has 0 spiro atoms. The van der Waals surface area contributed by atoms with Crippen molar-refractivity contribution in [3.63, 3.8) is 0 Å². The van der Waals surface area contributed by atoms with E-state index in [4.69, 9.17) is 5.73 Å². The molecule has 0 unspecified atom stereocenters. The zero-order chi connectivity index (χ0) is 15.0. The molecule has 0 bridgehead atoms. The summed E-state index contributed by atoms with van der Waals surface area (Å²) >= 11 is 0. The molecule has 0 radical (unpaired) electrons. The SMILES string of the molecule is CCC(CC)(CO)CNC(=O)CCc1cccc(N)c1. The Kier molecular flexibility index (Phi) is 6.52. The molecule has 0 fully saturated rings. The number of nitrogen functional groups attached to an aromatic ring is 1. The predicted octanol–water partition coefficient (Wildman–Crippen LogP) is 2.12. The number of benzene rings is 1. The molecule has 0 saturated heterocycles. The van der Waals surface area contributed by atoms with Crippen LogP contribution in [0.25, 0.3) is 0 Å². The minimum Gasteiger partial charge on any atom is -0.399 e. The lowest BCUT2D eigenvalue weighted by Gasteiger charge is -2.29. The fraction of sp³-hybridized carbons (Fsp3) is 0.562. The van der Waals surface area contributed by atoms with E-state index in [1.165, 1.54) is 0 Å². The number of anilines is 1. The Hall–Kier alpha value is -1.55. The molecule has 0 aromatic heterocycles. The summed E-state index contributed by atoms with van der Waals surface area (Å²) in [5, 5.41) is 12.4. The van der Waals surface area contributed by atoms with E-state index in [0.29, 0.717) is 19.4 Å². The molecule has 0 aliphatic rings. The van der Waals surface area contributed by atoms with E-state index < -0.39 is 0 Å². The lowest BCUT2D eigenvalue weighted by atomic mass is 9.83. The van der Waals surface area contributed by atoms with Gasteiger partial charge in [-0.2, -0.15) is 0 Å². The van der Waals surface area contributed by atoms with Crippen molar-refractivity contribution >= 4 is 11.6 Å². The Morgan fingerprint density at radius 3 is 2.60 bits per heavy atom. The fourth-order valence-electron chi connectivity index (χ4n) is 2.16. The average Bonchev–Trinajstić information content (AvgIpc) is 2.47. The monoisotopic (exact) mass is 278 g/mol. The van der Waals surface area contributed by atoms with Crippen LogP contribution in [0.5, 0.6) is 0 Å².